The molecule has 2 aliphatic rings. The third kappa shape index (κ3) is 5.09. The van der Waals surface area contributed by atoms with Crippen molar-refractivity contribution < 1.29 is 14.3 Å². The predicted molar refractivity (Wildman–Crippen MR) is 73.0 cm³/mol. The molecule has 1 atom stereocenters. The molecule has 1 saturated carbocycles. The normalized spacial score (nSPS) is 31.9. The van der Waals surface area contributed by atoms with Crippen LogP contribution in [-0.4, -0.2) is 51.5 Å². The van der Waals surface area contributed by atoms with Gasteiger partial charge < -0.3 is 20.1 Å². The molecule has 2 fully saturated rings. The highest BCUT2D eigenvalue weighted by Crippen LogP contribution is 2.25. The number of rotatable bonds is 5. The number of carbonyl (C=O) groups excluding carboxylic acids is 1. The monoisotopic (exact) mass is 270 g/mol. The summed E-state index contributed by atoms with van der Waals surface area (Å²) in [6.07, 6.45) is 5.50. The Balaban J connectivity index is 1.58. The molecule has 1 heterocycles. The van der Waals surface area contributed by atoms with Gasteiger partial charge in [-0.05, 0) is 31.6 Å². The van der Waals surface area contributed by atoms with Crippen LogP contribution in [0, 0.1) is 5.92 Å². The van der Waals surface area contributed by atoms with Crippen molar-refractivity contribution in [2.24, 2.45) is 5.92 Å². The first-order chi connectivity index (χ1) is 9.28. The molecule has 110 valence electrons. The summed E-state index contributed by atoms with van der Waals surface area (Å²) in [6.45, 7) is 3.05. The van der Waals surface area contributed by atoms with Crippen LogP contribution in [0.1, 0.15) is 32.1 Å². The highest BCUT2D eigenvalue weighted by Gasteiger charge is 2.22. The number of hydrogen-bond donors (Lipinski definition) is 2. The molecule has 1 aliphatic heterocycles. The standard InChI is InChI=1S/C14H26N2O3/c1-18-13-4-2-11(3-5-13)9-16-14(17)8-12-10-19-7-6-15-12/h11-13,15H,2-10H2,1H3,(H,16,17). The molecular formula is C14H26N2O3. The quantitative estimate of drug-likeness (QED) is 0.771. The third-order valence-electron chi connectivity index (χ3n) is 4.15. The molecule has 1 saturated heterocycles. The second kappa shape index (κ2) is 7.82. The van der Waals surface area contributed by atoms with Gasteiger partial charge in [-0.2, -0.15) is 0 Å². The van der Waals surface area contributed by atoms with Gasteiger partial charge in [0.2, 0.25) is 5.91 Å². The van der Waals surface area contributed by atoms with Gasteiger partial charge in [0.1, 0.15) is 0 Å². The number of ether oxygens (including phenoxy) is 2. The van der Waals surface area contributed by atoms with Crippen molar-refractivity contribution in [3.8, 4) is 0 Å². The minimum Gasteiger partial charge on any atom is -0.381 e. The molecule has 5 nitrogen and oxygen atoms in total. The summed E-state index contributed by atoms with van der Waals surface area (Å²) in [5.74, 6) is 0.753. The topological polar surface area (TPSA) is 59.6 Å². The van der Waals surface area contributed by atoms with E-state index >= 15 is 0 Å². The molecule has 0 spiro atoms. The maximum Gasteiger partial charge on any atom is 0.221 e. The zero-order valence-corrected chi connectivity index (χ0v) is 11.8. The highest BCUT2D eigenvalue weighted by atomic mass is 16.5. The Morgan fingerprint density at radius 3 is 2.79 bits per heavy atom. The molecule has 1 aliphatic carbocycles. The maximum absolute atomic E-state index is 11.8. The summed E-state index contributed by atoms with van der Waals surface area (Å²) in [5.41, 5.74) is 0. The van der Waals surface area contributed by atoms with Crippen molar-refractivity contribution in [1.29, 1.82) is 0 Å². The van der Waals surface area contributed by atoms with Crippen LogP contribution in [0.15, 0.2) is 0 Å². The largest absolute Gasteiger partial charge is 0.381 e. The van der Waals surface area contributed by atoms with Gasteiger partial charge >= 0.3 is 0 Å². The van der Waals surface area contributed by atoms with E-state index in [-0.39, 0.29) is 11.9 Å². The van der Waals surface area contributed by atoms with Crippen LogP contribution in [0.2, 0.25) is 0 Å². The first-order valence-corrected chi connectivity index (χ1v) is 7.38. The smallest absolute Gasteiger partial charge is 0.221 e. The minimum atomic E-state index is 0.136. The fraction of sp³-hybridized carbons (Fsp3) is 0.929. The molecule has 5 heteroatoms. The SMILES string of the molecule is COC1CCC(CNC(=O)CC2COCCN2)CC1. The summed E-state index contributed by atoms with van der Waals surface area (Å²) in [5, 5.41) is 6.36. The fourth-order valence-electron chi connectivity index (χ4n) is 2.88. The van der Waals surface area contributed by atoms with Crippen molar-refractivity contribution in [3.63, 3.8) is 0 Å². The molecule has 0 aromatic rings. The van der Waals surface area contributed by atoms with E-state index in [0.29, 0.717) is 25.0 Å². The summed E-state index contributed by atoms with van der Waals surface area (Å²) < 4.78 is 10.7. The lowest BCUT2D eigenvalue weighted by Gasteiger charge is -2.28. The first kappa shape index (κ1) is 14.8. The van der Waals surface area contributed by atoms with Gasteiger partial charge in [0.25, 0.3) is 0 Å². The molecule has 1 amide bonds. The van der Waals surface area contributed by atoms with E-state index in [0.717, 1.165) is 45.4 Å². The highest BCUT2D eigenvalue weighted by molar-refractivity contribution is 5.76. The second-order valence-electron chi connectivity index (χ2n) is 5.61. The third-order valence-corrected chi connectivity index (χ3v) is 4.15. The van der Waals surface area contributed by atoms with Gasteiger partial charge in [-0.15, -0.1) is 0 Å². The maximum atomic E-state index is 11.8. The van der Waals surface area contributed by atoms with Gasteiger partial charge in [0.05, 0.1) is 19.3 Å². The number of morpholine rings is 1. The van der Waals surface area contributed by atoms with E-state index < -0.39 is 0 Å². The Morgan fingerprint density at radius 2 is 2.16 bits per heavy atom. The molecule has 0 radical (unpaired) electrons. The van der Waals surface area contributed by atoms with Crippen molar-refractivity contribution in [2.45, 2.75) is 44.2 Å². The Hall–Kier alpha value is -0.650. The average Bonchev–Trinajstić information content (AvgIpc) is 2.47. The van der Waals surface area contributed by atoms with Crippen LogP contribution < -0.4 is 10.6 Å². The Labute approximate surface area is 115 Å². The zero-order chi connectivity index (χ0) is 13.5. The van der Waals surface area contributed by atoms with Gasteiger partial charge in [0.15, 0.2) is 0 Å². The van der Waals surface area contributed by atoms with Crippen LogP contribution in [0.5, 0.6) is 0 Å². The van der Waals surface area contributed by atoms with Crippen LogP contribution in [-0.2, 0) is 14.3 Å². The molecule has 2 rings (SSSR count). The fourth-order valence-corrected chi connectivity index (χ4v) is 2.88. The zero-order valence-electron chi connectivity index (χ0n) is 11.8. The van der Waals surface area contributed by atoms with Gasteiger partial charge in [0, 0.05) is 32.7 Å². The lowest BCUT2D eigenvalue weighted by Crippen LogP contribution is -2.44. The van der Waals surface area contributed by atoms with Crippen LogP contribution in [0.3, 0.4) is 0 Å². The van der Waals surface area contributed by atoms with Crippen molar-refractivity contribution in [3.05, 3.63) is 0 Å². The predicted octanol–water partition coefficient (Wildman–Crippen LogP) is 0.686. The summed E-state index contributed by atoms with van der Waals surface area (Å²) >= 11 is 0. The first-order valence-electron chi connectivity index (χ1n) is 7.38. The van der Waals surface area contributed by atoms with Crippen LogP contribution in [0.25, 0.3) is 0 Å². The second-order valence-corrected chi connectivity index (χ2v) is 5.61. The van der Waals surface area contributed by atoms with Crippen molar-refractivity contribution in [1.82, 2.24) is 10.6 Å². The van der Waals surface area contributed by atoms with E-state index in [2.05, 4.69) is 10.6 Å². The van der Waals surface area contributed by atoms with E-state index in [9.17, 15) is 4.79 Å². The molecule has 2 N–H and O–H groups in total. The summed E-state index contributed by atoms with van der Waals surface area (Å²) in [4.78, 5) is 11.8. The lowest BCUT2D eigenvalue weighted by molar-refractivity contribution is -0.122. The average molecular weight is 270 g/mol. The Morgan fingerprint density at radius 1 is 1.37 bits per heavy atom. The number of carbonyl (C=O) groups is 1. The molecule has 1 unspecified atom stereocenters. The van der Waals surface area contributed by atoms with Gasteiger partial charge in [-0.1, -0.05) is 0 Å². The van der Waals surface area contributed by atoms with Crippen molar-refractivity contribution >= 4 is 5.91 Å². The van der Waals surface area contributed by atoms with Crippen molar-refractivity contribution in [2.75, 3.05) is 33.4 Å². The van der Waals surface area contributed by atoms with Crippen LogP contribution in [0.4, 0.5) is 0 Å². The molecule has 0 aromatic heterocycles. The number of methoxy groups -OCH3 is 1. The summed E-state index contributed by atoms with van der Waals surface area (Å²) in [7, 11) is 1.78. The van der Waals surface area contributed by atoms with Gasteiger partial charge in [-0.25, -0.2) is 0 Å². The Bertz CT molecular complexity index is 272. The van der Waals surface area contributed by atoms with E-state index in [1.165, 1.54) is 0 Å². The Kier molecular flexibility index (Phi) is 6.07. The minimum absolute atomic E-state index is 0.136. The molecule has 0 bridgehead atoms. The number of amides is 1. The molecular weight excluding hydrogens is 244 g/mol. The summed E-state index contributed by atoms with van der Waals surface area (Å²) in [6, 6.07) is 0.179. The van der Waals surface area contributed by atoms with E-state index in [1.807, 2.05) is 0 Å². The molecule has 19 heavy (non-hydrogen) atoms. The van der Waals surface area contributed by atoms with E-state index in [4.69, 9.17) is 9.47 Å². The lowest BCUT2D eigenvalue weighted by atomic mass is 9.87. The molecule has 0 aromatic carbocycles. The van der Waals surface area contributed by atoms with E-state index in [1.54, 1.807) is 7.11 Å². The van der Waals surface area contributed by atoms with Crippen LogP contribution >= 0.6 is 0 Å². The number of nitrogens with one attached hydrogen (secondary N) is 2. The number of hydrogen-bond acceptors (Lipinski definition) is 4. The van der Waals surface area contributed by atoms with Gasteiger partial charge in [-0.3, -0.25) is 4.79 Å².